The summed E-state index contributed by atoms with van der Waals surface area (Å²) < 4.78 is 5.70. The second-order valence-corrected chi connectivity index (χ2v) is 7.14. The minimum atomic E-state index is -1.56. The van der Waals surface area contributed by atoms with E-state index in [0.29, 0.717) is 5.56 Å². The minimum Gasteiger partial charge on any atom is -0.507 e. The Kier molecular flexibility index (Phi) is 6.61. The predicted molar refractivity (Wildman–Crippen MR) is 108 cm³/mol. The molecular formula is C20H23BN2O7. The van der Waals surface area contributed by atoms with Gasteiger partial charge in [-0.15, -0.1) is 0 Å². The summed E-state index contributed by atoms with van der Waals surface area (Å²) in [5.74, 6) is -2.11. The third kappa shape index (κ3) is 4.73. The number of phenols is 1. The van der Waals surface area contributed by atoms with Crippen LogP contribution in [0.1, 0.15) is 27.5 Å². The first-order chi connectivity index (χ1) is 14.3. The summed E-state index contributed by atoms with van der Waals surface area (Å²) in [6.45, 7) is 0.495. The molecule has 2 aromatic rings. The number of amides is 1. The number of nitrogens with two attached hydrogens (primary N) is 1. The van der Waals surface area contributed by atoms with Gasteiger partial charge in [0.15, 0.2) is 0 Å². The summed E-state index contributed by atoms with van der Waals surface area (Å²) in [5.41, 5.74) is 6.59. The van der Waals surface area contributed by atoms with E-state index in [0.717, 1.165) is 0 Å². The molecule has 6 N–H and O–H groups in total. The molecule has 0 radical (unpaired) electrons. The zero-order chi connectivity index (χ0) is 21.8. The van der Waals surface area contributed by atoms with Gasteiger partial charge in [0, 0.05) is 0 Å². The van der Waals surface area contributed by atoms with E-state index < -0.39 is 36.5 Å². The number of aryl methyl sites for hydroxylation is 1. The summed E-state index contributed by atoms with van der Waals surface area (Å²) in [4.78, 5) is 25.6. The molecule has 9 nitrogen and oxygen atoms in total. The number of carbonyl (C=O) groups excluding carboxylic acids is 1. The first-order valence-electron chi connectivity index (χ1n) is 9.48. The Morgan fingerprint density at radius 1 is 1.17 bits per heavy atom. The van der Waals surface area contributed by atoms with Crippen molar-refractivity contribution in [2.24, 2.45) is 5.73 Å². The molecule has 1 unspecified atom stereocenters. The molecule has 0 aliphatic carbocycles. The van der Waals surface area contributed by atoms with Gasteiger partial charge in [0.25, 0.3) is 0 Å². The molecule has 0 bridgehead atoms. The van der Waals surface area contributed by atoms with E-state index in [-0.39, 0.29) is 43.1 Å². The van der Waals surface area contributed by atoms with Gasteiger partial charge < -0.3 is 35.6 Å². The van der Waals surface area contributed by atoms with Crippen molar-refractivity contribution in [3.8, 4) is 11.5 Å². The van der Waals surface area contributed by atoms with Crippen molar-refractivity contribution in [1.29, 1.82) is 0 Å². The second-order valence-electron chi connectivity index (χ2n) is 7.14. The summed E-state index contributed by atoms with van der Waals surface area (Å²) in [5, 5.41) is 37.7. The average Bonchev–Trinajstić information content (AvgIpc) is 2.68. The lowest BCUT2D eigenvalue weighted by Crippen LogP contribution is -2.58. The standard InChI is InChI=1S/C20H23BN2O7/c22-17(12-4-2-1-3-5-12)19(25)23-10-14(11-23)30-15-7-6-13(8-9-21(28)29)18(24)16(15)20(26)27/h1-7,14,17,24,28-29H,8-11,22H2,(H,26,27). The number of likely N-dealkylation sites (tertiary alicyclic amines) is 1. The lowest BCUT2D eigenvalue weighted by molar-refractivity contribution is -0.141. The van der Waals surface area contributed by atoms with Gasteiger partial charge in [-0.05, 0) is 29.9 Å². The molecule has 3 rings (SSSR count). The van der Waals surface area contributed by atoms with Crippen LogP contribution in [-0.2, 0) is 11.2 Å². The summed E-state index contributed by atoms with van der Waals surface area (Å²) in [6.07, 6.45) is -0.388. The second kappa shape index (κ2) is 9.16. The van der Waals surface area contributed by atoms with Crippen LogP contribution in [-0.4, -0.2) is 63.3 Å². The minimum absolute atomic E-state index is 0.0160. The molecule has 30 heavy (non-hydrogen) atoms. The maximum absolute atomic E-state index is 12.5. The molecule has 1 amide bonds. The van der Waals surface area contributed by atoms with Gasteiger partial charge in [0.1, 0.15) is 29.2 Å². The van der Waals surface area contributed by atoms with Gasteiger partial charge >= 0.3 is 13.1 Å². The molecular weight excluding hydrogens is 391 g/mol. The van der Waals surface area contributed by atoms with Crippen LogP contribution in [0.2, 0.25) is 6.32 Å². The Morgan fingerprint density at radius 2 is 1.83 bits per heavy atom. The first-order valence-corrected chi connectivity index (χ1v) is 9.48. The highest BCUT2D eigenvalue weighted by atomic mass is 16.5. The Hall–Kier alpha value is -3.08. The highest BCUT2D eigenvalue weighted by molar-refractivity contribution is 6.41. The Bertz CT molecular complexity index is 917. The van der Waals surface area contributed by atoms with Crippen molar-refractivity contribution in [2.45, 2.75) is 24.9 Å². The zero-order valence-electron chi connectivity index (χ0n) is 16.1. The smallest absolute Gasteiger partial charge is 0.451 e. The number of nitrogens with zero attached hydrogens (tertiary/aromatic N) is 1. The number of carboxylic acid groups (broad SMARTS) is 1. The summed E-state index contributed by atoms with van der Waals surface area (Å²) in [7, 11) is -1.56. The molecule has 0 aromatic heterocycles. The Labute approximate surface area is 173 Å². The van der Waals surface area contributed by atoms with Crippen LogP contribution < -0.4 is 10.5 Å². The Balaban J connectivity index is 1.64. The van der Waals surface area contributed by atoms with Crippen molar-refractivity contribution in [3.63, 3.8) is 0 Å². The summed E-state index contributed by atoms with van der Waals surface area (Å²) >= 11 is 0. The quantitative estimate of drug-likeness (QED) is 0.389. The van der Waals surface area contributed by atoms with Crippen LogP contribution in [0.25, 0.3) is 0 Å². The van der Waals surface area contributed by atoms with Crippen LogP contribution >= 0.6 is 0 Å². The van der Waals surface area contributed by atoms with Gasteiger partial charge in [0.2, 0.25) is 5.91 Å². The van der Waals surface area contributed by atoms with Gasteiger partial charge in [-0.25, -0.2) is 4.79 Å². The highest BCUT2D eigenvalue weighted by Gasteiger charge is 2.36. The number of aromatic hydroxyl groups is 1. The topological polar surface area (TPSA) is 154 Å². The number of carboxylic acids is 1. The van der Waals surface area contributed by atoms with E-state index in [1.165, 1.54) is 17.0 Å². The Morgan fingerprint density at radius 3 is 2.43 bits per heavy atom. The largest absolute Gasteiger partial charge is 0.507 e. The van der Waals surface area contributed by atoms with Crippen molar-refractivity contribution in [3.05, 3.63) is 59.2 Å². The van der Waals surface area contributed by atoms with E-state index in [1.54, 1.807) is 24.3 Å². The van der Waals surface area contributed by atoms with E-state index in [2.05, 4.69) is 0 Å². The molecule has 10 heteroatoms. The molecule has 158 valence electrons. The molecule has 0 saturated carbocycles. The number of rotatable bonds is 8. The van der Waals surface area contributed by atoms with Gasteiger partial charge in [0.05, 0.1) is 13.1 Å². The van der Waals surface area contributed by atoms with Gasteiger partial charge in [-0.2, -0.15) is 0 Å². The number of benzene rings is 2. The van der Waals surface area contributed by atoms with Crippen molar-refractivity contribution in [1.82, 2.24) is 4.90 Å². The molecule has 1 aliphatic heterocycles. The van der Waals surface area contributed by atoms with Gasteiger partial charge in [-0.1, -0.05) is 36.4 Å². The lowest BCUT2D eigenvalue weighted by Gasteiger charge is -2.40. The van der Waals surface area contributed by atoms with Crippen LogP contribution in [0.15, 0.2) is 42.5 Å². The normalized spacial score (nSPS) is 14.7. The fraction of sp³-hybridized carbons (Fsp3) is 0.300. The fourth-order valence-electron chi connectivity index (χ4n) is 3.28. The fourth-order valence-corrected chi connectivity index (χ4v) is 3.28. The number of carbonyl (C=O) groups is 2. The lowest BCUT2D eigenvalue weighted by atomic mass is 9.82. The van der Waals surface area contributed by atoms with Crippen LogP contribution in [0.3, 0.4) is 0 Å². The molecule has 1 atom stereocenters. The molecule has 0 spiro atoms. The van der Waals surface area contributed by atoms with Crippen LogP contribution in [0.4, 0.5) is 0 Å². The van der Waals surface area contributed by atoms with Gasteiger partial charge in [-0.3, -0.25) is 4.79 Å². The maximum atomic E-state index is 12.5. The van der Waals surface area contributed by atoms with E-state index in [9.17, 15) is 19.8 Å². The van der Waals surface area contributed by atoms with Crippen molar-refractivity contribution >= 4 is 19.0 Å². The molecule has 1 heterocycles. The third-order valence-corrected chi connectivity index (χ3v) is 4.99. The SMILES string of the molecule is NC(C(=O)N1CC(Oc2ccc(CCB(O)O)c(O)c2C(=O)O)C1)c1ccccc1. The summed E-state index contributed by atoms with van der Waals surface area (Å²) in [6, 6.07) is 11.1. The van der Waals surface area contributed by atoms with Crippen molar-refractivity contribution < 1.29 is 34.6 Å². The first kappa shape index (κ1) is 21.6. The molecule has 1 aliphatic rings. The number of hydrogen-bond donors (Lipinski definition) is 5. The average molecular weight is 414 g/mol. The number of ether oxygens (including phenoxy) is 1. The van der Waals surface area contributed by atoms with E-state index >= 15 is 0 Å². The predicted octanol–water partition coefficient (Wildman–Crippen LogP) is 0.395. The van der Waals surface area contributed by atoms with E-state index in [1.807, 2.05) is 6.07 Å². The number of hydrogen-bond acceptors (Lipinski definition) is 7. The van der Waals surface area contributed by atoms with Crippen LogP contribution in [0, 0.1) is 0 Å². The van der Waals surface area contributed by atoms with Crippen LogP contribution in [0.5, 0.6) is 11.5 Å². The molecule has 1 saturated heterocycles. The molecule has 1 fully saturated rings. The zero-order valence-corrected chi connectivity index (χ0v) is 16.1. The molecule has 2 aromatic carbocycles. The maximum Gasteiger partial charge on any atom is 0.451 e. The van der Waals surface area contributed by atoms with E-state index in [4.69, 9.17) is 20.5 Å². The van der Waals surface area contributed by atoms with Crippen molar-refractivity contribution in [2.75, 3.05) is 13.1 Å². The highest BCUT2D eigenvalue weighted by Crippen LogP contribution is 2.34. The number of aromatic carboxylic acids is 1. The third-order valence-electron chi connectivity index (χ3n) is 4.99. The monoisotopic (exact) mass is 414 g/mol.